The molecule has 4 unspecified atom stereocenters. The molecule has 0 heterocycles. The van der Waals surface area contributed by atoms with E-state index in [-0.39, 0.29) is 118 Å². The van der Waals surface area contributed by atoms with Gasteiger partial charge in [-0.3, -0.25) is 4.79 Å². The minimum atomic E-state index is -4.64. The molecule has 0 amide bonds. The standard InChI is InChI=1S/C18H36O2.C6H14O6.2Ca.Mg.H3O4P.2H2O.6H/c1-2-3-4-5-6-7-8-9-10-11-12-13-14-15-16-17-18(19)20;7-1-3(9)5(11)6(12)4(10)2-8;;;;1-5(2,3)4;;;;;;;;/h2-17H2,1H3,(H,19,20);3-12H,1-2H2;;;;(H3,1,2,3,4);2*1H2;;;;;;/q;;3*+2;;;;6*-1. The van der Waals surface area contributed by atoms with Gasteiger partial charge >= 0.3 is 112 Å². The third-order valence-electron chi connectivity index (χ3n) is 5.51. The van der Waals surface area contributed by atoms with E-state index in [1.165, 1.54) is 83.5 Å². The van der Waals surface area contributed by atoms with E-state index in [4.69, 9.17) is 55.0 Å². The maximum Gasteiger partial charge on any atom is 2.00 e. The zero-order chi connectivity index (χ0) is 29.1. The zero-order valence-corrected chi connectivity index (χ0v) is 32.1. The largest absolute Gasteiger partial charge is 2.00 e. The Morgan fingerprint density at radius 2 is 0.833 bits per heavy atom. The number of hydrogen-bond acceptors (Lipinski definition) is 8. The van der Waals surface area contributed by atoms with Gasteiger partial charge in [-0.25, -0.2) is 4.57 Å². The second-order valence-corrected chi connectivity index (χ2v) is 10.1. The van der Waals surface area contributed by atoms with Crippen LogP contribution in [0.1, 0.15) is 118 Å². The van der Waals surface area contributed by atoms with Gasteiger partial charge in [-0.1, -0.05) is 96.8 Å². The van der Waals surface area contributed by atoms with Gasteiger partial charge in [0.1, 0.15) is 24.4 Å². The second kappa shape index (κ2) is 45.7. The molecule has 0 bridgehead atoms. The number of unbranched alkanes of at least 4 members (excludes halogenated alkanes) is 14. The number of carboxylic acid groups (broad SMARTS) is 1. The molecule has 14 nitrogen and oxygen atoms in total. The Morgan fingerprint density at radius 1 is 0.619 bits per heavy atom. The molecule has 4 atom stereocenters. The molecule has 0 aromatic heterocycles. The molecule has 0 aromatic carbocycles. The van der Waals surface area contributed by atoms with Crippen LogP contribution in [0.2, 0.25) is 0 Å². The number of carbonyl (C=O) groups is 1. The monoisotopic (exact) mass is 710 g/mol. The number of hydrogen-bond donors (Lipinski definition) is 10. The average Bonchev–Trinajstić information content (AvgIpc) is 2.83. The third-order valence-corrected chi connectivity index (χ3v) is 5.51. The molecule has 0 saturated carbocycles. The van der Waals surface area contributed by atoms with Crippen LogP contribution < -0.4 is 0 Å². The van der Waals surface area contributed by atoms with Gasteiger partial charge in [0.15, 0.2) is 0 Å². The Kier molecular flexibility index (Phi) is 68.8. The molecule has 0 spiro atoms. The average molecular weight is 711 g/mol. The number of phosphoric acid groups is 1. The maximum atomic E-state index is 10.3. The molecule has 254 valence electrons. The number of carboxylic acids is 1. The van der Waals surface area contributed by atoms with Gasteiger partial charge in [0, 0.05) is 6.42 Å². The first-order valence-electron chi connectivity index (χ1n) is 13.3. The van der Waals surface area contributed by atoms with Crippen molar-refractivity contribution in [3.8, 4) is 0 Å². The van der Waals surface area contributed by atoms with Crippen molar-refractivity contribution in [2.75, 3.05) is 13.2 Å². The summed E-state index contributed by atoms with van der Waals surface area (Å²) in [6, 6.07) is 0. The van der Waals surface area contributed by atoms with Gasteiger partial charge < -0.3 is 69.9 Å². The van der Waals surface area contributed by atoms with Gasteiger partial charge in [0.05, 0.1) is 13.2 Å². The van der Waals surface area contributed by atoms with Crippen LogP contribution in [0.4, 0.5) is 0 Å². The minimum absolute atomic E-state index is 0. The Bertz CT molecular complexity index is 557. The molecule has 18 heteroatoms. The van der Waals surface area contributed by atoms with Crippen molar-refractivity contribution in [2.45, 2.75) is 134 Å². The van der Waals surface area contributed by atoms with E-state index in [9.17, 15) is 4.79 Å². The zero-order valence-electron chi connectivity index (χ0n) is 31.4. The molecule has 42 heavy (non-hydrogen) atoms. The van der Waals surface area contributed by atoms with Crippen LogP contribution in [0.3, 0.4) is 0 Å². The van der Waals surface area contributed by atoms with Crippen molar-refractivity contribution in [3.05, 3.63) is 0 Å². The van der Waals surface area contributed by atoms with E-state index in [0.29, 0.717) is 6.42 Å². The topological polar surface area (TPSA) is 299 Å². The molecule has 0 aliphatic rings. The molecule has 0 rings (SSSR count). The minimum Gasteiger partial charge on any atom is -1.00 e. The quantitative estimate of drug-likeness (QED) is 0.0417. The summed E-state index contributed by atoms with van der Waals surface area (Å²) in [7, 11) is -4.64. The van der Waals surface area contributed by atoms with Crippen LogP contribution in [-0.2, 0) is 9.36 Å². The first-order valence-corrected chi connectivity index (χ1v) is 14.8. The van der Waals surface area contributed by atoms with E-state index in [0.717, 1.165) is 12.8 Å². The van der Waals surface area contributed by atoms with Gasteiger partial charge in [0.25, 0.3) is 0 Å². The first-order chi connectivity index (χ1) is 17.3. The molecule has 0 fully saturated rings. The Morgan fingerprint density at radius 3 is 1.02 bits per heavy atom. The Labute approximate surface area is 335 Å². The molecule has 14 N–H and O–H groups in total. The summed E-state index contributed by atoms with van der Waals surface area (Å²) < 4.78 is 8.88. The van der Waals surface area contributed by atoms with E-state index >= 15 is 0 Å². The summed E-state index contributed by atoms with van der Waals surface area (Å²) in [6.07, 6.45) is 13.8. The van der Waals surface area contributed by atoms with Gasteiger partial charge in [-0.05, 0) is 6.42 Å². The smallest absolute Gasteiger partial charge is 1.00 e. The predicted molar refractivity (Wildman–Crippen MR) is 171 cm³/mol. The molecule has 0 saturated heterocycles. The van der Waals surface area contributed by atoms with E-state index in [2.05, 4.69) is 6.92 Å². The van der Waals surface area contributed by atoms with Crippen molar-refractivity contribution in [1.29, 1.82) is 0 Å². The van der Waals surface area contributed by atoms with E-state index in [1.807, 2.05) is 0 Å². The van der Waals surface area contributed by atoms with Crippen LogP contribution in [0.5, 0.6) is 0 Å². The van der Waals surface area contributed by atoms with Crippen LogP contribution in [0.15, 0.2) is 0 Å². The molecule has 0 aliphatic carbocycles. The maximum absolute atomic E-state index is 10.3. The third kappa shape index (κ3) is 58.1. The predicted octanol–water partition coefficient (Wildman–Crippen LogP) is -0.298. The number of aliphatic carboxylic acids is 1. The van der Waals surface area contributed by atoms with Crippen molar-refractivity contribution in [1.82, 2.24) is 0 Å². The summed E-state index contributed by atoms with van der Waals surface area (Å²) >= 11 is 0. The summed E-state index contributed by atoms with van der Waals surface area (Å²) in [5, 5.41) is 60.7. The Balaban J connectivity index is -0.0000000305. The molecule has 0 radical (unpaired) electrons. The summed E-state index contributed by atoms with van der Waals surface area (Å²) in [4.78, 5) is 31.9. The van der Waals surface area contributed by atoms with Gasteiger partial charge in [-0.15, -0.1) is 0 Å². The second-order valence-electron chi connectivity index (χ2n) is 9.09. The van der Waals surface area contributed by atoms with Gasteiger partial charge in [0.2, 0.25) is 0 Å². The van der Waals surface area contributed by atoms with Crippen molar-refractivity contribution in [3.63, 3.8) is 0 Å². The fraction of sp³-hybridized carbons (Fsp3) is 0.958. The Hall–Kier alpha value is 2.55. The number of aliphatic hydroxyl groups excluding tert-OH is 6. The summed E-state index contributed by atoms with van der Waals surface area (Å²) in [6.45, 7) is 0.818. The van der Waals surface area contributed by atoms with Crippen molar-refractivity contribution in [2.24, 2.45) is 0 Å². The number of rotatable bonds is 21. The van der Waals surface area contributed by atoms with Gasteiger partial charge in [-0.2, -0.15) is 0 Å². The van der Waals surface area contributed by atoms with Crippen LogP contribution in [-0.4, -0.2) is 204 Å². The normalized spacial score (nSPS) is 12.7. The first kappa shape index (κ1) is 63.2. The fourth-order valence-electron chi connectivity index (χ4n) is 3.32. The van der Waals surface area contributed by atoms with E-state index in [1.54, 1.807) is 0 Å². The van der Waals surface area contributed by atoms with Crippen LogP contribution in [0.25, 0.3) is 0 Å². The molecular weight excluding hydrogens is 648 g/mol. The van der Waals surface area contributed by atoms with E-state index < -0.39 is 51.4 Å². The number of aliphatic hydroxyl groups is 6. The van der Waals surface area contributed by atoms with Crippen LogP contribution in [0, 0.1) is 0 Å². The van der Waals surface area contributed by atoms with Crippen molar-refractivity contribution < 1.29 is 79.3 Å². The molecular formula is C24H63Ca2MgO14P. The molecule has 0 aliphatic heterocycles. The SMILES string of the molecule is CCCCCCCCCCCCCCCCCC(=O)O.O.O.O=P(O)(O)O.OCC(O)C(O)C(O)C(O)CO.[Ca+2].[Ca+2].[H-].[H-].[H-].[H-].[H-].[H-].[Mg+2]. The summed E-state index contributed by atoms with van der Waals surface area (Å²) in [5.41, 5.74) is 0. The van der Waals surface area contributed by atoms with Crippen molar-refractivity contribution >= 4 is 112 Å². The fourth-order valence-corrected chi connectivity index (χ4v) is 3.32. The summed E-state index contributed by atoms with van der Waals surface area (Å²) in [5.74, 6) is -0.653. The molecule has 0 aromatic rings. The van der Waals surface area contributed by atoms with Crippen LogP contribution >= 0.6 is 7.82 Å².